The first-order valence-electron chi connectivity index (χ1n) is 18.2. The molecule has 58 heavy (non-hydrogen) atoms. The number of hydrogen-bond acceptors (Lipinski definition) is 18. The number of nitro groups is 4. The molecule has 3 aromatic heterocycles. The molecule has 4 N–H and O–H groups in total. The van der Waals surface area contributed by atoms with Crippen molar-refractivity contribution in [1.29, 1.82) is 0 Å². The van der Waals surface area contributed by atoms with Crippen LogP contribution in [0.3, 0.4) is 0 Å². The van der Waals surface area contributed by atoms with E-state index in [-0.39, 0.29) is 57.9 Å². The molecule has 2 saturated carbocycles. The molecule has 0 aliphatic heterocycles. The Hall–Kier alpha value is -7.66. The largest absolute Gasteiger partial charge is 0.382 e. The molecule has 2 fully saturated rings. The molecule has 0 bridgehead atoms. The number of benzene rings is 2. The van der Waals surface area contributed by atoms with Gasteiger partial charge in [-0.3, -0.25) is 40.5 Å². The van der Waals surface area contributed by atoms with Gasteiger partial charge in [0.1, 0.15) is 6.33 Å². The van der Waals surface area contributed by atoms with E-state index in [0.717, 1.165) is 101 Å². The maximum atomic E-state index is 11.5. The summed E-state index contributed by atoms with van der Waals surface area (Å²) < 4.78 is 2.69. The molecular formula is C34H34N16O8. The van der Waals surface area contributed by atoms with Crippen LogP contribution >= 0.6 is 0 Å². The summed E-state index contributed by atoms with van der Waals surface area (Å²) in [7, 11) is 0. The lowest BCUT2D eigenvalue weighted by atomic mass is 9.86. The van der Waals surface area contributed by atoms with Gasteiger partial charge in [0.25, 0.3) is 22.7 Å². The van der Waals surface area contributed by atoms with E-state index in [1.807, 2.05) is 0 Å². The second-order valence-corrected chi connectivity index (χ2v) is 13.8. The molecule has 2 aliphatic rings. The quantitative estimate of drug-likeness (QED) is 0.0678. The van der Waals surface area contributed by atoms with Gasteiger partial charge in [-0.25, -0.2) is 9.97 Å². The molecule has 7 rings (SSSR count). The fourth-order valence-electron chi connectivity index (χ4n) is 7.22. The summed E-state index contributed by atoms with van der Waals surface area (Å²) in [6.45, 7) is 0. The van der Waals surface area contributed by atoms with Gasteiger partial charge >= 0.3 is 0 Å². The number of nitro benzene ring substituents is 4. The van der Waals surface area contributed by atoms with Crippen LogP contribution < -0.4 is 11.5 Å². The van der Waals surface area contributed by atoms with Gasteiger partial charge in [-0.05, 0) is 25.7 Å². The summed E-state index contributed by atoms with van der Waals surface area (Å²) in [5.41, 5.74) is 12.3. The number of hydrogen-bond donors (Lipinski definition) is 2. The standard InChI is InChI=1S/C34H34N16O8/c35-33-31(41-39-21-11-23(47(51)52)15-24(12-21)48(53)54)29(19-7-3-1-4-8-19)43-45(33)27-17-28(38-18-37-27)46-34(36)32(30(44-46)20-9-5-2-6-10-20)42-40-22-13-25(49(55)56)16-26(14-22)50(57)58/h11-20H,1-10,35-36H2/b41-39+,42-40+. The van der Waals surface area contributed by atoms with Crippen LogP contribution in [0.1, 0.15) is 87.4 Å². The van der Waals surface area contributed by atoms with E-state index >= 15 is 0 Å². The second kappa shape index (κ2) is 16.2. The summed E-state index contributed by atoms with van der Waals surface area (Å²) in [5, 5.41) is 72.4. The highest BCUT2D eigenvalue weighted by atomic mass is 16.6. The molecule has 0 spiro atoms. The highest BCUT2D eigenvalue weighted by Crippen LogP contribution is 2.43. The Balaban J connectivity index is 1.29. The zero-order chi connectivity index (χ0) is 41.1. The molecule has 0 saturated heterocycles. The molecule has 298 valence electrons. The Labute approximate surface area is 326 Å². The number of azo groups is 2. The predicted molar refractivity (Wildman–Crippen MR) is 205 cm³/mol. The minimum atomic E-state index is -0.764. The van der Waals surface area contributed by atoms with Crippen molar-refractivity contribution >= 4 is 57.1 Å². The van der Waals surface area contributed by atoms with Gasteiger partial charge in [-0.2, -0.15) is 19.6 Å². The highest BCUT2D eigenvalue weighted by Gasteiger charge is 2.29. The van der Waals surface area contributed by atoms with Crippen molar-refractivity contribution in [2.45, 2.75) is 76.0 Å². The number of non-ortho nitro benzene ring substituents is 4. The summed E-state index contributed by atoms with van der Waals surface area (Å²) in [5.74, 6) is 0.289. The van der Waals surface area contributed by atoms with Crippen molar-refractivity contribution in [2.24, 2.45) is 20.5 Å². The normalized spacial score (nSPS) is 15.3. The van der Waals surface area contributed by atoms with E-state index < -0.39 is 42.4 Å². The predicted octanol–water partition coefficient (Wildman–Crippen LogP) is 8.57. The maximum absolute atomic E-state index is 11.5. The van der Waals surface area contributed by atoms with Crippen LogP contribution in [0.15, 0.2) is 69.2 Å². The lowest BCUT2D eigenvalue weighted by Crippen LogP contribution is -2.10. The molecule has 24 heteroatoms. The molecule has 3 heterocycles. The average molecular weight is 795 g/mol. The van der Waals surface area contributed by atoms with Crippen LogP contribution in [-0.4, -0.2) is 49.2 Å². The van der Waals surface area contributed by atoms with Crippen LogP contribution in [0, 0.1) is 40.5 Å². The molecule has 0 unspecified atom stereocenters. The topological polar surface area (TPSA) is 335 Å². The van der Waals surface area contributed by atoms with Crippen LogP contribution in [0.25, 0.3) is 11.6 Å². The van der Waals surface area contributed by atoms with Crippen molar-refractivity contribution in [2.75, 3.05) is 11.5 Å². The third-order valence-electron chi connectivity index (χ3n) is 10.0. The first-order chi connectivity index (χ1) is 27.9. The number of aromatic nitrogens is 6. The Morgan fingerprint density at radius 2 is 0.862 bits per heavy atom. The number of rotatable bonds is 12. The molecule has 0 amide bonds. The van der Waals surface area contributed by atoms with Gasteiger partial charge < -0.3 is 11.5 Å². The SMILES string of the molecule is Nc1c(/N=N/c2cc([N+](=O)[O-])cc([N+](=O)[O-])c2)c(C2CCCCC2)nn1-c1cc(-n2nc(C3CCCCC3)c(/N=N/c3cc([N+](=O)[O-])cc([N+](=O)[O-])c3)c2N)ncn1. The van der Waals surface area contributed by atoms with E-state index in [0.29, 0.717) is 11.4 Å². The zero-order valence-corrected chi connectivity index (χ0v) is 30.5. The first-order valence-corrected chi connectivity index (χ1v) is 18.2. The fourth-order valence-corrected chi connectivity index (χ4v) is 7.22. The van der Waals surface area contributed by atoms with Crippen molar-refractivity contribution < 1.29 is 19.7 Å². The molecule has 5 aromatic rings. The highest BCUT2D eigenvalue weighted by molar-refractivity contribution is 5.67. The minimum absolute atomic E-state index is 0.0192. The van der Waals surface area contributed by atoms with E-state index in [2.05, 4.69) is 30.4 Å². The van der Waals surface area contributed by atoms with E-state index in [1.165, 1.54) is 21.8 Å². The molecular weight excluding hydrogens is 760 g/mol. The summed E-state index contributed by atoms with van der Waals surface area (Å²) >= 11 is 0. The van der Waals surface area contributed by atoms with Gasteiger partial charge in [0.2, 0.25) is 0 Å². The lowest BCUT2D eigenvalue weighted by molar-refractivity contribution is -0.394. The molecule has 2 aromatic carbocycles. The van der Waals surface area contributed by atoms with Gasteiger partial charge in [0.05, 0.1) is 54.6 Å². The van der Waals surface area contributed by atoms with Crippen LogP contribution in [0.5, 0.6) is 0 Å². The Morgan fingerprint density at radius 1 is 0.517 bits per heavy atom. The van der Waals surface area contributed by atoms with Crippen LogP contribution in [0.2, 0.25) is 0 Å². The number of nitrogen functional groups attached to an aromatic ring is 2. The monoisotopic (exact) mass is 794 g/mol. The maximum Gasteiger partial charge on any atom is 0.278 e. The van der Waals surface area contributed by atoms with Gasteiger partial charge in [0.15, 0.2) is 34.6 Å². The first kappa shape index (κ1) is 38.6. The lowest BCUT2D eigenvalue weighted by Gasteiger charge is -2.19. The van der Waals surface area contributed by atoms with E-state index in [9.17, 15) is 40.5 Å². The molecule has 2 aliphatic carbocycles. The van der Waals surface area contributed by atoms with E-state index in [1.54, 1.807) is 0 Å². The molecule has 0 atom stereocenters. The van der Waals surface area contributed by atoms with Crippen molar-refractivity contribution in [3.63, 3.8) is 0 Å². The number of nitrogens with two attached hydrogens (primary N) is 2. The summed E-state index contributed by atoms with van der Waals surface area (Å²) in [4.78, 5) is 51.7. The minimum Gasteiger partial charge on any atom is -0.382 e. The second-order valence-electron chi connectivity index (χ2n) is 13.8. The van der Waals surface area contributed by atoms with Crippen molar-refractivity contribution in [3.8, 4) is 11.6 Å². The molecule has 0 radical (unpaired) electrons. The summed E-state index contributed by atoms with van der Waals surface area (Å²) in [6, 6.07) is 7.42. The van der Waals surface area contributed by atoms with Crippen molar-refractivity contribution in [1.82, 2.24) is 29.5 Å². The summed E-state index contributed by atoms with van der Waals surface area (Å²) in [6.07, 6.45) is 10.2. The van der Waals surface area contributed by atoms with Crippen molar-refractivity contribution in [3.05, 3.63) is 101 Å². The van der Waals surface area contributed by atoms with Crippen LogP contribution in [0.4, 0.5) is 57.1 Å². The van der Waals surface area contributed by atoms with Crippen LogP contribution in [-0.2, 0) is 0 Å². The van der Waals surface area contributed by atoms with Gasteiger partial charge in [-0.1, -0.05) is 38.5 Å². The third-order valence-corrected chi connectivity index (χ3v) is 10.0. The van der Waals surface area contributed by atoms with E-state index in [4.69, 9.17) is 21.7 Å². The fraction of sp³-hybridized carbons (Fsp3) is 0.353. The average Bonchev–Trinajstić information content (AvgIpc) is 3.74. The Morgan fingerprint density at radius 3 is 1.19 bits per heavy atom. The third kappa shape index (κ3) is 8.00. The molecule has 24 nitrogen and oxygen atoms in total. The Bertz CT molecular complexity index is 2270. The Kier molecular flexibility index (Phi) is 10.8. The smallest absolute Gasteiger partial charge is 0.278 e. The number of nitrogens with zero attached hydrogens (tertiary/aromatic N) is 14. The van der Waals surface area contributed by atoms with Gasteiger partial charge in [-0.15, -0.1) is 20.5 Å². The zero-order valence-electron chi connectivity index (χ0n) is 30.5. The van der Waals surface area contributed by atoms with Gasteiger partial charge in [0, 0.05) is 42.2 Å². The number of anilines is 2.